The molecule has 8 nitrogen and oxygen atoms in total. The van der Waals surface area contributed by atoms with E-state index in [9.17, 15) is 19.5 Å². The fourth-order valence-electron chi connectivity index (χ4n) is 3.08. The zero-order valence-corrected chi connectivity index (χ0v) is 18.7. The number of hydrogen-bond acceptors (Lipinski definition) is 7. The van der Waals surface area contributed by atoms with E-state index < -0.39 is 23.2 Å². The van der Waals surface area contributed by atoms with Crippen molar-refractivity contribution >= 4 is 40.6 Å². The third-order valence-corrected chi connectivity index (χ3v) is 5.47. The lowest BCUT2D eigenvalue weighted by molar-refractivity contribution is -0.145. The summed E-state index contributed by atoms with van der Waals surface area (Å²) in [5.41, 5.74) is 0.988. The molecule has 1 aliphatic heterocycles. The van der Waals surface area contributed by atoms with Crippen LogP contribution in [0.4, 0.5) is 10.5 Å². The highest BCUT2D eigenvalue weighted by Gasteiger charge is 2.37. The van der Waals surface area contributed by atoms with E-state index in [1.165, 1.54) is 7.11 Å². The number of rotatable bonds is 9. The minimum absolute atomic E-state index is 0.244. The summed E-state index contributed by atoms with van der Waals surface area (Å²) >= 11 is 0.827. The maximum atomic E-state index is 13.0. The molecule has 0 spiro atoms. The molecule has 1 N–H and O–H groups in total. The summed E-state index contributed by atoms with van der Waals surface area (Å²) in [4.78, 5) is 38.2. The van der Waals surface area contributed by atoms with Gasteiger partial charge in [-0.2, -0.15) is 0 Å². The summed E-state index contributed by atoms with van der Waals surface area (Å²) in [7, 11) is 1.44. The molecule has 1 fully saturated rings. The summed E-state index contributed by atoms with van der Waals surface area (Å²) in [5, 5.41) is 8.78. The van der Waals surface area contributed by atoms with Crippen molar-refractivity contribution in [2.45, 2.75) is 26.4 Å². The molecule has 0 aromatic heterocycles. The fraction of sp³-hybridized carbons (Fsp3) is 0.261. The molecule has 1 aliphatic rings. The lowest BCUT2D eigenvalue weighted by Crippen LogP contribution is -2.28. The Labute approximate surface area is 189 Å². The van der Waals surface area contributed by atoms with Crippen molar-refractivity contribution in [1.29, 1.82) is 0 Å². The molecule has 1 atom stereocenters. The first-order valence-electron chi connectivity index (χ1n) is 9.96. The molecule has 1 unspecified atom stereocenters. The van der Waals surface area contributed by atoms with E-state index in [-0.39, 0.29) is 17.1 Å². The Morgan fingerprint density at radius 2 is 1.88 bits per heavy atom. The first-order valence-corrected chi connectivity index (χ1v) is 10.8. The fourth-order valence-corrected chi connectivity index (χ4v) is 3.91. The highest BCUT2D eigenvalue weighted by Crippen LogP contribution is 2.40. The van der Waals surface area contributed by atoms with Crippen LogP contribution in [0.15, 0.2) is 47.4 Å². The highest BCUT2D eigenvalue weighted by atomic mass is 32.2. The van der Waals surface area contributed by atoms with Gasteiger partial charge in [0.1, 0.15) is 5.75 Å². The quantitative estimate of drug-likeness (QED) is 0.546. The number of benzene rings is 2. The third-order valence-electron chi connectivity index (χ3n) is 4.60. The Hall–Kier alpha value is -3.46. The van der Waals surface area contributed by atoms with Gasteiger partial charge in [0.2, 0.25) is 0 Å². The van der Waals surface area contributed by atoms with Gasteiger partial charge in [0.15, 0.2) is 17.6 Å². The maximum Gasteiger partial charge on any atom is 0.344 e. The number of methoxy groups -OCH3 is 1. The molecule has 0 aliphatic carbocycles. The molecule has 9 heteroatoms. The van der Waals surface area contributed by atoms with Crippen molar-refractivity contribution in [2.24, 2.45) is 0 Å². The molecule has 0 radical (unpaired) electrons. The zero-order valence-electron chi connectivity index (χ0n) is 17.9. The van der Waals surface area contributed by atoms with Crippen LogP contribution >= 0.6 is 11.8 Å². The number of carbonyl (C=O) groups is 3. The summed E-state index contributed by atoms with van der Waals surface area (Å²) in [6.07, 6.45) is 0.864. The van der Waals surface area contributed by atoms with E-state index in [0.29, 0.717) is 29.4 Å². The number of para-hydroxylation sites is 2. The van der Waals surface area contributed by atoms with E-state index in [0.717, 1.165) is 16.7 Å². The van der Waals surface area contributed by atoms with Gasteiger partial charge >= 0.3 is 5.97 Å². The van der Waals surface area contributed by atoms with E-state index in [1.54, 1.807) is 55.5 Å². The van der Waals surface area contributed by atoms with Crippen molar-refractivity contribution in [3.63, 3.8) is 0 Å². The minimum atomic E-state index is -1.07. The molecule has 0 saturated carbocycles. The molecule has 2 aromatic carbocycles. The summed E-state index contributed by atoms with van der Waals surface area (Å²) in [5.74, 6) is -0.481. The topological polar surface area (TPSA) is 102 Å². The van der Waals surface area contributed by atoms with Crippen molar-refractivity contribution in [1.82, 2.24) is 0 Å². The molecule has 1 heterocycles. The molecular formula is C23H23NO7S. The van der Waals surface area contributed by atoms with Crippen molar-refractivity contribution < 1.29 is 33.7 Å². The van der Waals surface area contributed by atoms with Gasteiger partial charge in [-0.3, -0.25) is 9.59 Å². The summed E-state index contributed by atoms with van der Waals surface area (Å²) in [6, 6.07) is 11.7. The normalized spacial score (nSPS) is 15.7. The highest BCUT2D eigenvalue weighted by molar-refractivity contribution is 8.19. The van der Waals surface area contributed by atoms with E-state index in [2.05, 4.69) is 0 Å². The number of ether oxygens (including phenoxy) is 3. The Morgan fingerprint density at radius 1 is 1.12 bits per heavy atom. The number of hydrogen-bond donors (Lipinski definition) is 1. The zero-order chi connectivity index (χ0) is 23.3. The second kappa shape index (κ2) is 10.2. The lowest BCUT2D eigenvalue weighted by Gasteiger charge is -2.17. The monoisotopic (exact) mass is 457 g/mol. The number of aliphatic carboxylic acids is 1. The van der Waals surface area contributed by atoms with E-state index in [4.69, 9.17) is 14.2 Å². The average Bonchev–Trinajstić information content (AvgIpc) is 3.05. The van der Waals surface area contributed by atoms with Gasteiger partial charge in [-0.25, -0.2) is 9.69 Å². The number of thioether (sulfide) groups is 1. The summed E-state index contributed by atoms with van der Waals surface area (Å²) < 4.78 is 16.4. The number of carbonyl (C=O) groups excluding carboxylic acids is 2. The first kappa shape index (κ1) is 23.2. The first-order chi connectivity index (χ1) is 15.4. The van der Waals surface area contributed by atoms with Crippen LogP contribution in [0.5, 0.6) is 17.2 Å². The van der Waals surface area contributed by atoms with Crippen molar-refractivity contribution in [3.8, 4) is 17.2 Å². The molecule has 2 amide bonds. The number of imide groups is 1. The summed E-state index contributed by atoms with van der Waals surface area (Å²) in [6.45, 7) is 3.93. The van der Waals surface area contributed by atoms with Crippen LogP contribution in [0.1, 0.15) is 25.8 Å². The smallest absolute Gasteiger partial charge is 0.344 e. The van der Waals surface area contributed by atoms with Crippen LogP contribution in [0.25, 0.3) is 6.08 Å². The number of amides is 2. The van der Waals surface area contributed by atoms with Gasteiger partial charge in [-0.15, -0.1) is 0 Å². The number of carboxylic acid groups (broad SMARTS) is 1. The van der Waals surface area contributed by atoms with Gasteiger partial charge in [0.05, 0.1) is 24.3 Å². The van der Waals surface area contributed by atoms with Crippen LogP contribution in [0.3, 0.4) is 0 Å². The molecule has 168 valence electrons. The maximum absolute atomic E-state index is 13.0. The van der Waals surface area contributed by atoms with Gasteiger partial charge in [-0.1, -0.05) is 25.1 Å². The van der Waals surface area contributed by atoms with Gasteiger partial charge < -0.3 is 19.3 Å². The van der Waals surface area contributed by atoms with Crippen LogP contribution in [0, 0.1) is 0 Å². The van der Waals surface area contributed by atoms with E-state index in [1.807, 2.05) is 6.92 Å². The Kier molecular flexibility index (Phi) is 7.42. The van der Waals surface area contributed by atoms with Crippen LogP contribution in [-0.4, -0.2) is 42.0 Å². The Morgan fingerprint density at radius 3 is 2.53 bits per heavy atom. The van der Waals surface area contributed by atoms with Gasteiger partial charge in [0, 0.05) is 0 Å². The average molecular weight is 458 g/mol. The van der Waals surface area contributed by atoms with Crippen molar-refractivity contribution in [2.75, 3.05) is 18.6 Å². The second-order valence-electron chi connectivity index (χ2n) is 6.68. The molecule has 32 heavy (non-hydrogen) atoms. The Bertz CT molecular complexity index is 1070. The number of anilines is 1. The van der Waals surface area contributed by atoms with Crippen LogP contribution < -0.4 is 19.1 Å². The van der Waals surface area contributed by atoms with Crippen molar-refractivity contribution in [3.05, 3.63) is 52.9 Å². The lowest BCUT2D eigenvalue weighted by atomic mass is 10.1. The minimum Gasteiger partial charge on any atom is -0.493 e. The largest absolute Gasteiger partial charge is 0.493 e. The second-order valence-corrected chi connectivity index (χ2v) is 7.67. The van der Waals surface area contributed by atoms with E-state index >= 15 is 0 Å². The third kappa shape index (κ3) is 4.88. The predicted molar refractivity (Wildman–Crippen MR) is 121 cm³/mol. The molecule has 3 rings (SSSR count). The molecule has 1 saturated heterocycles. The van der Waals surface area contributed by atoms with Gasteiger partial charge in [-0.05, 0) is 61.0 Å². The predicted octanol–water partition coefficient (Wildman–Crippen LogP) is 4.58. The number of nitrogens with zero attached hydrogens (tertiary/aromatic N) is 1. The molecule has 0 bridgehead atoms. The van der Waals surface area contributed by atoms with Crippen LogP contribution in [-0.2, 0) is 9.59 Å². The SMILES string of the molecule is CCOc1ccccc1N1C(=O)S/C(=C/c2ccc(OC(CC)C(=O)O)c(OC)c2)C1=O. The Balaban J connectivity index is 1.88. The number of carboxylic acids is 1. The molecular weight excluding hydrogens is 434 g/mol. The van der Waals surface area contributed by atoms with Crippen LogP contribution in [0.2, 0.25) is 0 Å². The molecule has 2 aromatic rings. The van der Waals surface area contributed by atoms with Gasteiger partial charge in [0.25, 0.3) is 11.1 Å². The standard InChI is InChI=1S/C23H23NO7S/c1-4-16(22(26)27)31-18-11-10-14(12-19(18)29-3)13-20-21(25)24(23(28)32-20)15-8-6-7-9-17(15)30-5-2/h6-13,16H,4-5H2,1-3H3,(H,26,27)/b20-13+.